The number of aliphatic hydroxyl groups excluding tert-OH is 1. The number of hydrogen-bond donors (Lipinski definition) is 1. The van der Waals surface area contributed by atoms with Crippen molar-refractivity contribution in [1.29, 1.82) is 0 Å². The number of aryl methyl sites for hydroxylation is 1. The maximum Gasteiger partial charge on any atom is 0.416 e. The van der Waals surface area contributed by atoms with Crippen LogP contribution in [0.15, 0.2) is 24.3 Å². The topological polar surface area (TPSA) is 58.5 Å². The fourth-order valence-electron chi connectivity index (χ4n) is 3.34. The Balaban J connectivity index is 2.30. The summed E-state index contributed by atoms with van der Waals surface area (Å²) in [7, 11) is 3.32. The summed E-state index contributed by atoms with van der Waals surface area (Å²) in [6.45, 7) is 7.48. The van der Waals surface area contributed by atoms with Crippen LogP contribution in [0.3, 0.4) is 0 Å². The molecule has 0 spiro atoms. The van der Waals surface area contributed by atoms with Crippen molar-refractivity contribution >= 4 is 0 Å². The van der Waals surface area contributed by atoms with E-state index in [0.717, 1.165) is 25.1 Å². The van der Waals surface area contributed by atoms with Crippen molar-refractivity contribution in [3.05, 3.63) is 41.1 Å². The second-order valence-electron chi connectivity index (χ2n) is 7.40. The summed E-state index contributed by atoms with van der Waals surface area (Å²) in [5.74, 6) is 0.0202. The molecule has 2 unspecified atom stereocenters. The van der Waals surface area contributed by atoms with Crippen molar-refractivity contribution in [2.45, 2.75) is 39.5 Å². The summed E-state index contributed by atoms with van der Waals surface area (Å²) in [5, 5.41) is 19.0. The first-order chi connectivity index (χ1) is 13.6. The van der Waals surface area contributed by atoms with Crippen LogP contribution in [0.4, 0.5) is 13.2 Å². The number of nitrogens with zero attached hydrogens (tertiary/aromatic N) is 3. The van der Waals surface area contributed by atoms with Gasteiger partial charge in [-0.2, -0.15) is 18.3 Å². The molecule has 0 aliphatic heterocycles. The van der Waals surface area contributed by atoms with E-state index in [1.165, 1.54) is 13.2 Å². The Morgan fingerprint density at radius 3 is 2.45 bits per heavy atom. The van der Waals surface area contributed by atoms with Gasteiger partial charge in [0.2, 0.25) is 0 Å². The third-order valence-corrected chi connectivity index (χ3v) is 4.83. The number of alkyl halides is 3. The molecule has 160 valence electrons. The maximum atomic E-state index is 13.0. The fourth-order valence-corrected chi connectivity index (χ4v) is 3.34. The SMILES string of the molecule is CCCN(C)CC(C)C(O)c1cc(C)c(-c2ccc(C(F)(F)F)cc2OC)nn1. The standard InChI is InChI=1S/C21H28F3N3O2/c1-6-9-27(4)12-14(3)20(28)17-10-13(2)19(26-25-17)16-8-7-15(21(22,23)24)11-18(16)29-5/h7-8,10-11,14,20,28H,6,9,12H2,1-5H3. The van der Waals surface area contributed by atoms with Gasteiger partial charge in [0.25, 0.3) is 0 Å². The average molecular weight is 411 g/mol. The third-order valence-electron chi connectivity index (χ3n) is 4.83. The van der Waals surface area contributed by atoms with Gasteiger partial charge in [0.15, 0.2) is 0 Å². The highest BCUT2D eigenvalue weighted by Gasteiger charge is 2.31. The number of benzene rings is 1. The lowest BCUT2D eigenvalue weighted by Crippen LogP contribution is -2.28. The van der Waals surface area contributed by atoms with Crippen molar-refractivity contribution in [2.75, 3.05) is 27.2 Å². The Bertz CT molecular complexity index is 827. The maximum absolute atomic E-state index is 13.0. The van der Waals surface area contributed by atoms with Crippen molar-refractivity contribution in [3.8, 4) is 17.0 Å². The highest BCUT2D eigenvalue weighted by atomic mass is 19.4. The van der Waals surface area contributed by atoms with E-state index in [9.17, 15) is 18.3 Å². The molecule has 0 radical (unpaired) electrons. The summed E-state index contributed by atoms with van der Waals surface area (Å²) in [6, 6.07) is 5.00. The lowest BCUT2D eigenvalue weighted by molar-refractivity contribution is -0.137. The van der Waals surface area contributed by atoms with E-state index < -0.39 is 17.8 Å². The minimum Gasteiger partial charge on any atom is -0.496 e. The zero-order valence-electron chi connectivity index (χ0n) is 17.4. The van der Waals surface area contributed by atoms with Crippen LogP contribution in [0.5, 0.6) is 5.75 Å². The van der Waals surface area contributed by atoms with Gasteiger partial charge in [-0.15, -0.1) is 5.10 Å². The predicted octanol–water partition coefficient (Wildman–Crippen LogP) is 4.49. The normalized spacial score (nSPS) is 14.1. The zero-order chi connectivity index (χ0) is 21.8. The van der Waals surface area contributed by atoms with Crippen molar-refractivity contribution in [1.82, 2.24) is 15.1 Å². The summed E-state index contributed by atoms with van der Waals surface area (Å²) < 4.78 is 44.0. The number of methoxy groups -OCH3 is 1. The molecule has 0 bridgehead atoms. The Morgan fingerprint density at radius 2 is 1.90 bits per heavy atom. The van der Waals surface area contributed by atoms with Gasteiger partial charge in [-0.3, -0.25) is 0 Å². The number of rotatable bonds is 8. The molecule has 5 nitrogen and oxygen atoms in total. The van der Waals surface area contributed by atoms with Crippen molar-refractivity contribution < 1.29 is 23.0 Å². The molecule has 1 aromatic heterocycles. The molecular formula is C21H28F3N3O2. The molecular weight excluding hydrogens is 383 g/mol. The molecule has 0 saturated carbocycles. The number of aromatic nitrogens is 2. The van der Waals surface area contributed by atoms with E-state index in [4.69, 9.17) is 4.74 Å². The second-order valence-corrected chi connectivity index (χ2v) is 7.40. The first-order valence-corrected chi connectivity index (χ1v) is 9.54. The van der Waals surface area contributed by atoms with Gasteiger partial charge < -0.3 is 14.7 Å². The van der Waals surface area contributed by atoms with E-state index >= 15 is 0 Å². The summed E-state index contributed by atoms with van der Waals surface area (Å²) >= 11 is 0. The van der Waals surface area contributed by atoms with E-state index in [0.29, 0.717) is 29.1 Å². The van der Waals surface area contributed by atoms with Gasteiger partial charge in [0.05, 0.1) is 24.1 Å². The van der Waals surface area contributed by atoms with Gasteiger partial charge in [0.1, 0.15) is 11.9 Å². The molecule has 0 amide bonds. The number of halogens is 3. The minimum atomic E-state index is -4.46. The summed E-state index contributed by atoms with van der Waals surface area (Å²) in [4.78, 5) is 2.15. The summed E-state index contributed by atoms with van der Waals surface area (Å²) in [5.41, 5.74) is 1.18. The molecule has 2 rings (SSSR count). The van der Waals surface area contributed by atoms with Crippen molar-refractivity contribution in [3.63, 3.8) is 0 Å². The smallest absolute Gasteiger partial charge is 0.416 e. The molecule has 1 N–H and O–H groups in total. The van der Waals surface area contributed by atoms with Gasteiger partial charge in [0, 0.05) is 18.0 Å². The molecule has 0 aliphatic carbocycles. The highest BCUT2D eigenvalue weighted by molar-refractivity contribution is 5.70. The van der Waals surface area contributed by atoms with Crippen molar-refractivity contribution in [2.24, 2.45) is 5.92 Å². The summed E-state index contributed by atoms with van der Waals surface area (Å²) in [6.07, 6.45) is -4.22. The molecule has 1 aromatic carbocycles. The molecule has 2 atom stereocenters. The van der Waals surface area contributed by atoms with Crippen LogP contribution in [0, 0.1) is 12.8 Å². The van der Waals surface area contributed by atoms with Crippen LogP contribution in [0.25, 0.3) is 11.3 Å². The Morgan fingerprint density at radius 1 is 1.21 bits per heavy atom. The monoisotopic (exact) mass is 411 g/mol. The molecule has 0 saturated heterocycles. The first kappa shape index (κ1) is 23.1. The molecule has 8 heteroatoms. The average Bonchev–Trinajstić information content (AvgIpc) is 2.66. The molecule has 29 heavy (non-hydrogen) atoms. The molecule has 0 aliphatic rings. The Kier molecular flexibility index (Phi) is 7.60. The van der Waals surface area contributed by atoms with Gasteiger partial charge in [-0.05, 0) is 56.8 Å². The van der Waals surface area contributed by atoms with Crippen LogP contribution in [-0.4, -0.2) is 47.5 Å². The van der Waals surface area contributed by atoms with Crippen LogP contribution in [0.2, 0.25) is 0 Å². The van der Waals surface area contributed by atoms with Gasteiger partial charge in [-0.25, -0.2) is 0 Å². The van der Waals surface area contributed by atoms with E-state index in [-0.39, 0.29) is 11.7 Å². The number of hydrogen-bond acceptors (Lipinski definition) is 5. The fraction of sp³-hybridized carbons (Fsp3) is 0.524. The molecule has 2 aromatic rings. The lowest BCUT2D eigenvalue weighted by Gasteiger charge is -2.24. The van der Waals surface area contributed by atoms with E-state index in [2.05, 4.69) is 22.0 Å². The molecule has 1 heterocycles. The number of ether oxygens (including phenoxy) is 1. The minimum absolute atomic E-state index is 0.0493. The third kappa shape index (κ3) is 5.67. The van der Waals surface area contributed by atoms with Gasteiger partial charge >= 0.3 is 6.18 Å². The lowest BCUT2D eigenvalue weighted by atomic mass is 9.98. The van der Waals surface area contributed by atoms with Gasteiger partial charge in [-0.1, -0.05) is 13.8 Å². The highest BCUT2D eigenvalue weighted by Crippen LogP contribution is 2.37. The number of aliphatic hydroxyl groups is 1. The Labute approximate surface area is 169 Å². The zero-order valence-corrected chi connectivity index (χ0v) is 17.4. The van der Waals surface area contributed by atoms with Crippen LogP contribution in [-0.2, 0) is 6.18 Å². The largest absolute Gasteiger partial charge is 0.496 e. The quantitative estimate of drug-likeness (QED) is 0.694. The Hall–Kier alpha value is -2.19. The van der Waals surface area contributed by atoms with Crippen LogP contribution < -0.4 is 4.74 Å². The van der Waals surface area contributed by atoms with E-state index in [1.807, 2.05) is 14.0 Å². The van der Waals surface area contributed by atoms with Crippen LogP contribution >= 0.6 is 0 Å². The van der Waals surface area contributed by atoms with E-state index in [1.54, 1.807) is 13.0 Å². The second kappa shape index (κ2) is 9.54. The first-order valence-electron chi connectivity index (χ1n) is 9.54. The predicted molar refractivity (Wildman–Crippen MR) is 106 cm³/mol. The molecule has 0 fully saturated rings. The van der Waals surface area contributed by atoms with Crippen LogP contribution in [0.1, 0.15) is 43.2 Å².